The summed E-state index contributed by atoms with van der Waals surface area (Å²) in [5.41, 5.74) is 0. The maximum Gasteiger partial charge on any atom is 0.243 e. The standard InChI is InChI=1S/C12H16FNO3S/c1-3-8-17-10(2)9-14-18(15,16)12-7-5-4-6-11(12)13/h3-7,10,14H,1,8-9H2,2H3. The third-order valence-electron chi connectivity index (χ3n) is 2.19. The van der Waals surface area contributed by atoms with Crippen LogP contribution < -0.4 is 4.72 Å². The molecule has 18 heavy (non-hydrogen) atoms. The largest absolute Gasteiger partial charge is 0.373 e. The topological polar surface area (TPSA) is 55.4 Å². The number of sulfonamides is 1. The van der Waals surface area contributed by atoms with E-state index in [1.54, 1.807) is 13.0 Å². The molecule has 6 heteroatoms. The van der Waals surface area contributed by atoms with Gasteiger partial charge in [-0.2, -0.15) is 0 Å². The summed E-state index contributed by atoms with van der Waals surface area (Å²) >= 11 is 0. The maximum absolute atomic E-state index is 13.3. The lowest BCUT2D eigenvalue weighted by Gasteiger charge is -2.13. The first-order valence-corrected chi connectivity index (χ1v) is 6.92. The van der Waals surface area contributed by atoms with Crippen molar-refractivity contribution in [2.24, 2.45) is 0 Å². The van der Waals surface area contributed by atoms with Gasteiger partial charge in [0.2, 0.25) is 10.0 Å². The lowest BCUT2D eigenvalue weighted by Crippen LogP contribution is -2.32. The van der Waals surface area contributed by atoms with Gasteiger partial charge in [0, 0.05) is 6.54 Å². The SMILES string of the molecule is C=CCOC(C)CNS(=O)(=O)c1ccccc1F. The average Bonchev–Trinajstić information content (AvgIpc) is 2.34. The predicted molar refractivity (Wildman–Crippen MR) is 67.2 cm³/mol. The zero-order chi connectivity index (χ0) is 13.6. The molecule has 0 saturated carbocycles. The van der Waals surface area contributed by atoms with Gasteiger partial charge in [-0.1, -0.05) is 18.2 Å². The van der Waals surface area contributed by atoms with Crippen LogP contribution in [-0.2, 0) is 14.8 Å². The molecule has 1 N–H and O–H groups in total. The Bertz CT molecular complexity index is 502. The van der Waals surface area contributed by atoms with Crippen LogP contribution in [0.15, 0.2) is 41.8 Å². The first kappa shape index (κ1) is 14.8. The zero-order valence-electron chi connectivity index (χ0n) is 10.1. The van der Waals surface area contributed by atoms with E-state index >= 15 is 0 Å². The molecule has 1 rings (SSSR count). The number of hydrogen-bond donors (Lipinski definition) is 1. The molecule has 1 aromatic carbocycles. The van der Waals surface area contributed by atoms with E-state index in [1.807, 2.05) is 0 Å². The van der Waals surface area contributed by atoms with Gasteiger partial charge in [-0.05, 0) is 19.1 Å². The van der Waals surface area contributed by atoms with Crippen molar-refractivity contribution >= 4 is 10.0 Å². The Morgan fingerprint density at radius 2 is 2.17 bits per heavy atom. The van der Waals surface area contributed by atoms with Gasteiger partial charge in [0.25, 0.3) is 0 Å². The second-order valence-electron chi connectivity index (χ2n) is 3.71. The molecule has 1 unspecified atom stereocenters. The van der Waals surface area contributed by atoms with E-state index in [-0.39, 0.29) is 17.5 Å². The molecular formula is C12H16FNO3S. The van der Waals surface area contributed by atoms with E-state index in [0.717, 1.165) is 6.07 Å². The van der Waals surface area contributed by atoms with Gasteiger partial charge < -0.3 is 4.74 Å². The van der Waals surface area contributed by atoms with E-state index in [4.69, 9.17) is 4.74 Å². The Morgan fingerprint density at radius 3 is 2.78 bits per heavy atom. The van der Waals surface area contributed by atoms with Crippen LogP contribution >= 0.6 is 0 Å². The molecule has 0 bridgehead atoms. The minimum Gasteiger partial charge on any atom is -0.373 e. The Balaban J connectivity index is 2.66. The molecule has 0 saturated heterocycles. The predicted octanol–water partition coefficient (Wildman–Crippen LogP) is 1.70. The van der Waals surface area contributed by atoms with E-state index in [2.05, 4.69) is 11.3 Å². The van der Waals surface area contributed by atoms with Crippen LogP contribution in [-0.4, -0.2) is 27.7 Å². The van der Waals surface area contributed by atoms with Crippen molar-refractivity contribution in [3.8, 4) is 0 Å². The van der Waals surface area contributed by atoms with Crippen LogP contribution in [0.2, 0.25) is 0 Å². The third kappa shape index (κ3) is 4.21. The number of benzene rings is 1. The van der Waals surface area contributed by atoms with Gasteiger partial charge in [0.05, 0.1) is 12.7 Å². The molecule has 0 fully saturated rings. The van der Waals surface area contributed by atoms with Gasteiger partial charge in [-0.15, -0.1) is 6.58 Å². The molecule has 100 valence electrons. The van der Waals surface area contributed by atoms with E-state index < -0.39 is 15.8 Å². The Kier molecular flexibility index (Phi) is 5.46. The number of ether oxygens (including phenoxy) is 1. The third-order valence-corrected chi connectivity index (χ3v) is 3.64. The summed E-state index contributed by atoms with van der Waals surface area (Å²) in [6.45, 7) is 5.61. The van der Waals surface area contributed by atoms with Crippen LogP contribution in [0, 0.1) is 5.82 Å². The van der Waals surface area contributed by atoms with Crippen LogP contribution in [0.1, 0.15) is 6.92 Å². The average molecular weight is 273 g/mol. The summed E-state index contributed by atoms with van der Waals surface area (Å²) in [6.07, 6.45) is 1.26. The van der Waals surface area contributed by atoms with Crippen LogP contribution in [0.5, 0.6) is 0 Å². The fourth-order valence-corrected chi connectivity index (χ4v) is 2.45. The summed E-state index contributed by atoms with van der Waals surface area (Å²) in [5, 5.41) is 0. The minimum absolute atomic E-state index is 0.0739. The van der Waals surface area contributed by atoms with Gasteiger partial charge in [-0.25, -0.2) is 17.5 Å². The van der Waals surface area contributed by atoms with Crippen LogP contribution in [0.4, 0.5) is 4.39 Å². The zero-order valence-corrected chi connectivity index (χ0v) is 10.9. The van der Waals surface area contributed by atoms with Crippen molar-refractivity contribution in [3.63, 3.8) is 0 Å². The highest BCUT2D eigenvalue weighted by Crippen LogP contribution is 2.12. The van der Waals surface area contributed by atoms with Crippen LogP contribution in [0.25, 0.3) is 0 Å². The smallest absolute Gasteiger partial charge is 0.243 e. The molecule has 0 aromatic heterocycles. The van der Waals surface area contributed by atoms with E-state index in [0.29, 0.717) is 6.61 Å². The van der Waals surface area contributed by atoms with Crippen molar-refractivity contribution in [2.45, 2.75) is 17.9 Å². The first-order chi connectivity index (χ1) is 8.47. The van der Waals surface area contributed by atoms with Gasteiger partial charge >= 0.3 is 0 Å². The molecule has 1 atom stereocenters. The highest BCUT2D eigenvalue weighted by molar-refractivity contribution is 7.89. The Hall–Kier alpha value is -1.24. The fourth-order valence-electron chi connectivity index (χ4n) is 1.26. The van der Waals surface area contributed by atoms with Crippen molar-refractivity contribution in [2.75, 3.05) is 13.2 Å². The lowest BCUT2D eigenvalue weighted by atomic mass is 10.4. The summed E-state index contributed by atoms with van der Waals surface area (Å²) in [7, 11) is -3.84. The van der Waals surface area contributed by atoms with Gasteiger partial charge in [0.1, 0.15) is 10.7 Å². The Labute approximate surface area is 107 Å². The molecule has 4 nitrogen and oxygen atoms in total. The van der Waals surface area contributed by atoms with E-state index in [9.17, 15) is 12.8 Å². The molecule has 0 amide bonds. The summed E-state index contributed by atoms with van der Waals surface area (Å²) in [6, 6.07) is 5.22. The molecule has 0 radical (unpaired) electrons. The number of hydrogen-bond acceptors (Lipinski definition) is 3. The minimum atomic E-state index is -3.84. The van der Waals surface area contributed by atoms with E-state index in [1.165, 1.54) is 18.2 Å². The molecule has 1 aromatic rings. The van der Waals surface area contributed by atoms with Gasteiger partial charge in [-0.3, -0.25) is 0 Å². The summed E-state index contributed by atoms with van der Waals surface area (Å²) < 4.78 is 44.5. The fraction of sp³-hybridized carbons (Fsp3) is 0.333. The number of nitrogens with one attached hydrogen (secondary N) is 1. The first-order valence-electron chi connectivity index (χ1n) is 5.44. The molecule has 0 aliphatic rings. The maximum atomic E-state index is 13.3. The van der Waals surface area contributed by atoms with Crippen molar-refractivity contribution in [1.82, 2.24) is 4.72 Å². The molecule has 0 aliphatic carbocycles. The quantitative estimate of drug-likeness (QED) is 0.769. The summed E-state index contributed by atoms with van der Waals surface area (Å²) in [4.78, 5) is -0.360. The van der Waals surface area contributed by atoms with Crippen molar-refractivity contribution in [3.05, 3.63) is 42.7 Å². The summed E-state index contributed by atoms with van der Waals surface area (Å²) in [5.74, 6) is -0.773. The normalized spacial score (nSPS) is 13.2. The lowest BCUT2D eigenvalue weighted by molar-refractivity contribution is 0.0920. The molecule has 0 spiro atoms. The van der Waals surface area contributed by atoms with Crippen molar-refractivity contribution < 1.29 is 17.5 Å². The molecule has 0 heterocycles. The second-order valence-corrected chi connectivity index (χ2v) is 5.45. The van der Waals surface area contributed by atoms with Crippen LogP contribution in [0.3, 0.4) is 0 Å². The molecule has 0 aliphatic heterocycles. The number of halogens is 1. The van der Waals surface area contributed by atoms with Crippen molar-refractivity contribution in [1.29, 1.82) is 0 Å². The highest BCUT2D eigenvalue weighted by Gasteiger charge is 2.18. The number of rotatable bonds is 7. The monoisotopic (exact) mass is 273 g/mol. The highest BCUT2D eigenvalue weighted by atomic mass is 32.2. The Morgan fingerprint density at radius 1 is 1.50 bits per heavy atom. The second kappa shape index (κ2) is 6.63. The van der Waals surface area contributed by atoms with Gasteiger partial charge in [0.15, 0.2) is 0 Å². The molecular weight excluding hydrogens is 257 g/mol.